The molecule has 3 rings (SSSR count). The first-order chi connectivity index (χ1) is 8.28. The number of nitrogens with one attached hydrogen (secondary N) is 2. The number of hydrogen-bond acceptors (Lipinski definition) is 3. The minimum absolute atomic E-state index is 0.120. The number of aromatic amines is 1. The highest BCUT2D eigenvalue weighted by molar-refractivity contribution is 7.17. The van der Waals surface area contributed by atoms with Gasteiger partial charge in [-0.15, -0.1) is 11.3 Å². The van der Waals surface area contributed by atoms with Crippen LogP contribution in [-0.4, -0.2) is 10.9 Å². The standard InChI is InChI=1S/C12H7N3OS/c13-6-8-5-10-9(4-7-2-1-3-14-7)11(16)15-12(10)17-8/h1-5,14H,(H,15,16)/b9-4+. The Hall–Kier alpha value is -2.32. The summed E-state index contributed by atoms with van der Waals surface area (Å²) in [5.41, 5.74) is 2.28. The summed E-state index contributed by atoms with van der Waals surface area (Å²) in [5.74, 6) is -0.120. The lowest BCUT2D eigenvalue weighted by Crippen LogP contribution is -2.03. The number of anilines is 1. The number of rotatable bonds is 1. The Morgan fingerprint density at radius 3 is 3.06 bits per heavy atom. The maximum Gasteiger partial charge on any atom is 0.257 e. The van der Waals surface area contributed by atoms with Crippen molar-refractivity contribution in [3.05, 3.63) is 40.5 Å². The molecule has 4 nitrogen and oxygen atoms in total. The fourth-order valence-electron chi connectivity index (χ4n) is 1.76. The van der Waals surface area contributed by atoms with E-state index in [-0.39, 0.29) is 5.91 Å². The van der Waals surface area contributed by atoms with Gasteiger partial charge in [0.2, 0.25) is 0 Å². The topological polar surface area (TPSA) is 68.7 Å². The number of carbonyl (C=O) groups is 1. The lowest BCUT2D eigenvalue weighted by Gasteiger charge is -1.93. The number of aromatic nitrogens is 1. The minimum atomic E-state index is -0.120. The highest BCUT2D eigenvalue weighted by atomic mass is 32.1. The van der Waals surface area contributed by atoms with E-state index in [1.54, 1.807) is 18.3 Å². The molecule has 1 aliphatic heterocycles. The Morgan fingerprint density at radius 1 is 1.47 bits per heavy atom. The van der Waals surface area contributed by atoms with Crippen molar-refractivity contribution in [3.8, 4) is 6.07 Å². The van der Waals surface area contributed by atoms with E-state index in [0.717, 1.165) is 16.3 Å². The Labute approximate surface area is 101 Å². The molecule has 0 aromatic carbocycles. The van der Waals surface area contributed by atoms with E-state index >= 15 is 0 Å². The van der Waals surface area contributed by atoms with Gasteiger partial charge in [0.15, 0.2) is 0 Å². The summed E-state index contributed by atoms with van der Waals surface area (Å²) in [6, 6.07) is 7.58. The van der Waals surface area contributed by atoms with Crippen LogP contribution in [0.1, 0.15) is 16.1 Å². The third-order valence-electron chi connectivity index (χ3n) is 2.53. The van der Waals surface area contributed by atoms with Gasteiger partial charge in [0.25, 0.3) is 5.91 Å². The van der Waals surface area contributed by atoms with Crippen LogP contribution in [0.3, 0.4) is 0 Å². The van der Waals surface area contributed by atoms with E-state index in [9.17, 15) is 4.79 Å². The smallest absolute Gasteiger partial charge is 0.257 e. The number of amides is 1. The highest BCUT2D eigenvalue weighted by Crippen LogP contribution is 2.39. The van der Waals surface area contributed by atoms with Crippen molar-refractivity contribution in [1.82, 2.24) is 4.98 Å². The van der Waals surface area contributed by atoms with E-state index in [4.69, 9.17) is 5.26 Å². The molecule has 0 saturated heterocycles. The summed E-state index contributed by atoms with van der Waals surface area (Å²) < 4.78 is 0. The van der Waals surface area contributed by atoms with Crippen molar-refractivity contribution in [2.45, 2.75) is 0 Å². The third-order valence-corrected chi connectivity index (χ3v) is 3.48. The largest absolute Gasteiger partial charge is 0.362 e. The molecular formula is C12H7N3OS. The fraction of sp³-hybridized carbons (Fsp3) is 0. The first-order valence-electron chi connectivity index (χ1n) is 4.98. The molecule has 3 heterocycles. The molecule has 5 heteroatoms. The molecule has 0 saturated carbocycles. The predicted molar refractivity (Wildman–Crippen MR) is 66.3 cm³/mol. The zero-order valence-electron chi connectivity index (χ0n) is 8.65. The van der Waals surface area contributed by atoms with Gasteiger partial charge in [-0.3, -0.25) is 4.79 Å². The van der Waals surface area contributed by atoms with Gasteiger partial charge in [-0.05, 0) is 24.3 Å². The number of nitrogens with zero attached hydrogens (tertiary/aromatic N) is 1. The number of H-pyrrole nitrogens is 1. The summed E-state index contributed by atoms with van der Waals surface area (Å²) in [4.78, 5) is 15.4. The molecule has 0 spiro atoms. The van der Waals surface area contributed by atoms with Gasteiger partial charge < -0.3 is 10.3 Å². The van der Waals surface area contributed by atoms with Gasteiger partial charge in [-0.2, -0.15) is 5.26 Å². The van der Waals surface area contributed by atoms with Crippen LogP contribution in [0.25, 0.3) is 11.6 Å². The van der Waals surface area contributed by atoms with Crippen LogP contribution in [0.5, 0.6) is 0 Å². The molecular weight excluding hydrogens is 234 g/mol. The van der Waals surface area contributed by atoms with Crippen molar-refractivity contribution < 1.29 is 4.79 Å². The Kier molecular flexibility index (Phi) is 2.10. The monoisotopic (exact) mass is 241 g/mol. The van der Waals surface area contributed by atoms with Gasteiger partial charge in [0, 0.05) is 17.5 Å². The van der Waals surface area contributed by atoms with Gasteiger partial charge in [0.1, 0.15) is 15.9 Å². The van der Waals surface area contributed by atoms with Crippen LogP contribution < -0.4 is 5.32 Å². The van der Waals surface area contributed by atoms with E-state index in [1.165, 1.54) is 11.3 Å². The molecule has 0 aliphatic carbocycles. The summed E-state index contributed by atoms with van der Waals surface area (Å²) in [6.07, 6.45) is 3.59. The zero-order valence-corrected chi connectivity index (χ0v) is 9.47. The lowest BCUT2D eigenvalue weighted by molar-refractivity contribution is -0.110. The molecule has 82 valence electrons. The molecule has 0 fully saturated rings. The maximum atomic E-state index is 11.7. The maximum absolute atomic E-state index is 11.7. The molecule has 0 atom stereocenters. The van der Waals surface area contributed by atoms with Crippen molar-refractivity contribution in [3.63, 3.8) is 0 Å². The van der Waals surface area contributed by atoms with Crippen molar-refractivity contribution in [2.24, 2.45) is 0 Å². The Morgan fingerprint density at radius 2 is 2.35 bits per heavy atom. The fourth-order valence-corrected chi connectivity index (χ4v) is 2.63. The summed E-state index contributed by atoms with van der Waals surface area (Å²) >= 11 is 1.30. The molecule has 1 amide bonds. The second-order valence-electron chi connectivity index (χ2n) is 3.60. The van der Waals surface area contributed by atoms with Crippen LogP contribution in [0.2, 0.25) is 0 Å². The van der Waals surface area contributed by atoms with Crippen molar-refractivity contribution >= 4 is 33.9 Å². The van der Waals surface area contributed by atoms with Gasteiger partial charge >= 0.3 is 0 Å². The Balaban J connectivity index is 2.10. The van der Waals surface area contributed by atoms with E-state index in [0.29, 0.717) is 10.5 Å². The van der Waals surface area contributed by atoms with Crippen LogP contribution in [0, 0.1) is 11.3 Å². The lowest BCUT2D eigenvalue weighted by atomic mass is 10.1. The number of nitriles is 1. The first-order valence-corrected chi connectivity index (χ1v) is 5.80. The molecule has 2 aromatic heterocycles. The second-order valence-corrected chi connectivity index (χ2v) is 4.66. The second kappa shape index (κ2) is 3.61. The Bertz CT molecular complexity index is 658. The zero-order chi connectivity index (χ0) is 11.8. The normalized spacial score (nSPS) is 15.7. The van der Waals surface area contributed by atoms with E-state index in [2.05, 4.69) is 16.4 Å². The molecule has 0 unspecified atom stereocenters. The van der Waals surface area contributed by atoms with Crippen LogP contribution >= 0.6 is 11.3 Å². The predicted octanol–water partition coefficient (Wildman–Crippen LogP) is 2.44. The average Bonchev–Trinajstić information content (AvgIpc) is 2.98. The summed E-state index contributed by atoms with van der Waals surface area (Å²) in [5, 5.41) is 12.3. The molecule has 2 aromatic rings. The SMILES string of the molecule is N#Cc1cc2c(s1)NC(=O)/C2=C/c1ccc[nH]1. The molecule has 2 N–H and O–H groups in total. The van der Waals surface area contributed by atoms with Crippen LogP contribution in [0.15, 0.2) is 24.4 Å². The quantitative estimate of drug-likeness (QED) is 0.753. The van der Waals surface area contributed by atoms with Gasteiger partial charge in [0.05, 0.1) is 5.57 Å². The average molecular weight is 241 g/mol. The molecule has 0 radical (unpaired) electrons. The number of thiophene rings is 1. The van der Waals surface area contributed by atoms with Crippen molar-refractivity contribution in [1.29, 1.82) is 5.26 Å². The van der Waals surface area contributed by atoms with E-state index in [1.807, 2.05) is 12.1 Å². The number of fused-ring (bicyclic) bond motifs is 1. The number of carbonyl (C=O) groups excluding carboxylic acids is 1. The third kappa shape index (κ3) is 1.55. The summed E-state index contributed by atoms with van der Waals surface area (Å²) in [6.45, 7) is 0. The molecule has 1 aliphatic rings. The summed E-state index contributed by atoms with van der Waals surface area (Å²) in [7, 11) is 0. The first kappa shape index (κ1) is 9.87. The molecule has 0 bridgehead atoms. The van der Waals surface area contributed by atoms with Crippen LogP contribution in [0.4, 0.5) is 5.00 Å². The van der Waals surface area contributed by atoms with E-state index < -0.39 is 0 Å². The highest BCUT2D eigenvalue weighted by Gasteiger charge is 2.26. The molecule has 17 heavy (non-hydrogen) atoms. The van der Waals surface area contributed by atoms with Gasteiger partial charge in [-0.1, -0.05) is 0 Å². The van der Waals surface area contributed by atoms with Crippen molar-refractivity contribution in [2.75, 3.05) is 5.32 Å². The van der Waals surface area contributed by atoms with Gasteiger partial charge in [-0.25, -0.2) is 0 Å². The van der Waals surface area contributed by atoms with Crippen LogP contribution in [-0.2, 0) is 4.79 Å². The number of hydrogen-bond donors (Lipinski definition) is 2. The minimum Gasteiger partial charge on any atom is -0.362 e.